The Hall–Kier alpha value is -2.48. The summed E-state index contributed by atoms with van der Waals surface area (Å²) in [5.41, 5.74) is 0.104. The van der Waals surface area contributed by atoms with Crippen molar-refractivity contribution in [1.82, 2.24) is 19.9 Å². The summed E-state index contributed by atoms with van der Waals surface area (Å²) in [6, 6.07) is 4.80. The largest absolute Gasteiger partial charge is 0.481 e. The Morgan fingerprint density at radius 3 is 2.93 bits per heavy atom. The normalized spacial score (nSPS) is 21.7. The molecule has 2 aromatic rings. The topological polar surface area (TPSA) is 63.6 Å². The lowest BCUT2D eigenvalue weighted by molar-refractivity contribution is 0.00515. The quantitative estimate of drug-likeness (QED) is 0.794. The van der Waals surface area contributed by atoms with Crippen molar-refractivity contribution >= 4 is 5.82 Å². The van der Waals surface area contributed by atoms with Gasteiger partial charge in [0.15, 0.2) is 5.82 Å². The molecule has 0 aromatic carbocycles. The van der Waals surface area contributed by atoms with Crippen LogP contribution in [0.4, 0.5) is 10.2 Å². The van der Waals surface area contributed by atoms with Crippen LogP contribution in [0.1, 0.15) is 12.8 Å². The minimum Gasteiger partial charge on any atom is -0.481 e. The standard InChI is InChI=1S/C19H24FN5O2/c1-24-7-5-14(10-27-18-15(20)4-3-6-21-18)9-19(24)11-25(12-19)16-8-17(26-2)23-13-22-16/h3-4,6,8,13-14H,5,7,9-12H2,1-2H3. The van der Waals surface area contributed by atoms with E-state index in [2.05, 4.69) is 31.8 Å². The van der Waals surface area contributed by atoms with Gasteiger partial charge in [-0.25, -0.2) is 19.3 Å². The number of methoxy groups -OCH3 is 1. The van der Waals surface area contributed by atoms with Crippen LogP contribution in [0.25, 0.3) is 0 Å². The van der Waals surface area contributed by atoms with E-state index in [1.54, 1.807) is 19.4 Å². The van der Waals surface area contributed by atoms with Gasteiger partial charge in [-0.15, -0.1) is 0 Å². The van der Waals surface area contributed by atoms with E-state index >= 15 is 0 Å². The number of aromatic nitrogens is 3. The summed E-state index contributed by atoms with van der Waals surface area (Å²) >= 11 is 0. The third-order valence-corrected chi connectivity index (χ3v) is 5.66. The molecule has 2 aliphatic rings. The molecule has 4 heterocycles. The zero-order chi connectivity index (χ0) is 18.9. The van der Waals surface area contributed by atoms with Gasteiger partial charge in [0.05, 0.1) is 19.3 Å². The minimum absolute atomic E-state index is 0.0915. The minimum atomic E-state index is -0.410. The fraction of sp³-hybridized carbons (Fsp3) is 0.526. The third kappa shape index (κ3) is 3.53. The molecule has 0 saturated carbocycles. The van der Waals surface area contributed by atoms with E-state index in [1.807, 2.05) is 6.07 Å². The first kappa shape index (κ1) is 17.9. The molecule has 27 heavy (non-hydrogen) atoms. The molecule has 0 radical (unpaired) electrons. The molecule has 1 spiro atoms. The van der Waals surface area contributed by atoms with Crippen molar-refractivity contribution in [1.29, 1.82) is 0 Å². The maximum atomic E-state index is 13.7. The Bertz CT molecular complexity index is 799. The molecule has 1 unspecified atom stereocenters. The molecular formula is C19H24FN5O2. The van der Waals surface area contributed by atoms with E-state index < -0.39 is 5.82 Å². The zero-order valence-electron chi connectivity index (χ0n) is 15.6. The van der Waals surface area contributed by atoms with Crippen LogP contribution in [0.5, 0.6) is 11.8 Å². The summed E-state index contributed by atoms with van der Waals surface area (Å²) in [5.74, 6) is 1.52. The third-order valence-electron chi connectivity index (χ3n) is 5.66. The number of hydrogen-bond donors (Lipinski definition) is 0. The summed E-state index contributed by atoms with van der Waals surface area (Å²) < 4.78 is 24.6. The average Bonchev–Trinajstić information content (AvgIpc) is 2.67. The second kappa shape index (κ2) is 7.26. The summed E-state index contributed by atoms with van der Waals surface area (Å²) in [6.07, 6.45) is 5.13. The number of nitrogens with zero attached hydrogens (tertiary/aromatic N) is 5. The predicted octanol–water partition coefficient (Wildman–Crippen LogP) is 2.00. The van der Waals surface area contributed by atoms with Crippen LogP contribution in [-0.4, -0.2) is 65.8 Å². The molecule has 2 aliphatic heterocycles. The van der Waals surface area contributed by atoms with Crippen molar-refractivity contribution in [3.8, 4) is 11.8 Å². The number of hydrogen-bond acceptors (Lipinski definition) is 7. The number of piperidine rings is 1. The van der Waals surface area contributed by atoms with Crippen LogP contribution in [0.3, 0.4) is 0 Å². The molecule has 0 N–H and O–H groups in total. The Labute approximate surface area is 158 Å². The second-order valence-electron chi connectivity index (χ2n) is 7.38. The monoisotopic (exact) mass is 373 g/mol. The molecule has 0 amide bonds. The lowest BCUT2D eigenvalue weighted by Crippen LogP contribution is -2.72. The van der Waals surface area contributed by atoms with Gasteiger partial charge >= 0.3 is 0 Å². The van der Waals surface area contributed by atoms with Gasteiger partial charge in [0.1, 0.15) is 12.1 Å². The molecule has 8 heteroatoms. The highest BCUT2D eigenvalue weighted by Crippen LogP contribution is 2.40. The lowest BCUT2D eigenvalue weighted by Gasteiger charge is -2.58. The first-order valence-corrected chi connectivity index (χ1v) is 9.15. The fourth-order valence-corrected chi connectivity index (χ4v) is 4.04. The number of likely N-dealkylation sites (tertiary alicyclic amines) is 1. The lowest BCUT2D eigenvalue weighted by atomic mass is 9.75. The maximum absolute atomic E-state index is 13.7. The molecular weight excluding hydrogens is 349 g/mol. The first-order chi connectivity index (χ1) is 13.1. The second-order valence-corrected chi connectivity index (χ2v) is 7.38. The van der Waals surface area contributed by atoms with Gasteiger partial charge in [0.25, 0.3) is 0 Å². The molecule has 1 atom stereocenters. The van der Waals surface area contributed by atoms with Gasteiger partial charge < -0.3 is 14.4 Å². The van der Waals surface area contributed by atoms with E-state index in [0.29, 0.717) is 18.4 Å². The van der Waals surface area contributed by atoms with Crippen LogP contribution >= 0.6 is 0 Å². The number of likely N-dealkylation sites (N-methyl/N-ethyl adjacent to an activating group) is 1. The van der Waals surface area contributed by atoms with E-state index in [9.17, 15) is 4.39 Å². The van der Waals surface area contributed by atoms with Crippen molar-refractivity contribution in [2.24, 2.45) is 5.92 Å². The van der Waals surface area contributed by atoms with Crippen LogP contribution in [-0.2, 0) is 0 Å². The molecule has 144 valence electrons. The number of rotatable bonds is 5. The zero-order valence-corrected chi connectivity index (χ0v) is 15.6. The van der Waals surface area contributed by atoms with Crippen molar-refractivity contribution in [3.05, 3.63) is 36.5 Å². The molecule has 2 aromatic heterocycles. The van der Waals surface area contributed by atoms with Crippen molar-refractivity contribution in [2.75, 3.05) is 45.3 Å². The van der Waals surface area contributed by atoms with Gasteiger partial charge in [0, 0.05) is 25.4 Å². The summed E-state index contributed by atoms with van der Waals surface area (Å²) in [4.78, 5) is 17.1. The maximum Gasteiger partial charge on any atom is 0.250 e. The molecule has 2 fully saturated rings. The van der Waals surface area contributed by atoms with E-state index in [1.165, 1.54) is 12.4 Å². The Balaban J connectivity index is 1.38. The molecule has 2 saturated heterocycles. The Morgan fingerprint density at radius 2 is 2.15 bits per heavy atom. The first-order valence-electron chi connectivity index (χ1n) is 9.15. The van der Waals surface area contributed by atoms with Gasteiger partial charge in [-0.1, -0.05) is 0 Å². The van der Waals surface area contributed by atoms with Crippen LogP contribution in [0, 0.1) is 11.7 Å². The van der Waals surface area contributed by atoms with Gasteiger partial charge in [0.2, 0.25) is 11.8 Å². The molecule has 0 bridgehead atoms. The predicted molar refractivity (Wildman–Crippen MR) is 98.6 cm³/mol. The Morgan fingerprint density at radius 1 is 1.30 bits per heavy atom. The number of halogens is 1. The van der Waals surface area contributed by atoms with Crippen LogP contribution in [0.2, 0.25) is 0 Å². The number of anilines is 1. The van der Waals surface area contributed by atoms with Gasteiger partial charge in [-0.2, -0.15) is 0 Å². The van der Waals surface area contributed by atoms with E-state index in [0.717, 1.165) is 38.3 Å². The smallest absolute Gasteiger partial charge is 0.250 e. The van der Waals surface area contributed by atoms with Crippen molar-refractivity contribution in [3.63, 3.8) is 0 Å². The van der Waals surface area contributed by atoms with E-state index in [4.69, 9.17) is 9.47 Å². The number of pyridine rings is 1. The highest BCUT2D eigenvalue weighted by molar-refractivity contribution is 5.46. The average molecular weight is 373 g/mol. The van der Waals surface area contributed by atoms with Crippen LogP contribution in [0.15, 0.2) is 30.7 Å². The van der Waals surface area contributed by atoms with Crippen LogP contribution < -0.4 is 14.4 Å². The van der Waals surface area contributed by atoms with Crippen molar-refractivity contribution < 1.29 is 13.9 Å². The summed E-state index contributed by atoms with van der Waals surface area (Å²) in [5, 5.41) is 0. The van der Waals surface area contributed by atoms with E-state index in [-0.39, 0.29) is 11.4 Å². The highest BCUT2D eigenvalue weighted by atomic mass is 19.1. The molecule has 7 nitrogen and oxygen atoms in total. The summed E-state index contributed by atoms with van der Waals surface area (Å²) in [6.45, 7) is 3.29. The number of ether oxygens (including phenoxy) is 2. The molecule has 0 aliphatic carbocycles. The highest BCUT2D eigenvalue weighted by Gasteiger charge is 2.50. The summed E-state index contributed by atoms with van der Waals surface area (Å²) in [7, 11) is 3.78. The fourth-order valence-electron chi connectivity index (χ4n) is 4.04. The van der Waals surface area contributed by atoms with Gasteiger partial charge in [-0.3, -0.25) is 4.90 Å². The SMILES string of the molecule is COc1cc(N2CC3(CC(COc4ncccc4F)CCN3C)C2)ncn1. The van der Waals surface area contributed by atoms with Crippen molar-refractivity contribution in [2.45, 2.75) is 18.4 Å². The van der Waals surface area contributed by atoms with Gasteiger partial charge in [-0.05, 0) is 44.5 Å². The Kier molecular flexibility index (Phi) is 4.82. The molecule has 4 rings (SSSR count).